The van der Waals surface area contributed by atoms with Crippen LogP contribution in [-0.4, -0.2) is 36.6 Å². The highest BCUT2D eigenvalue weighted by Crippen LogP contribution is 2.47. The average Bonchev–Trinajstić information content (AvgIpc) is 3.24. The van der Waals surface area contributed by atoms with Gasteiger partial charge in [0.1, 0.15) is 0 Å². The van der Waals surface area contributed by atoms with Gasteiger partial charge in [0.05, 0.1) is 12.1 Å². The summed E-state index contributed by atoms with van der Waals surface area (Å²) >= 11 is 3.30. The molecule has 0 aromatic heterocycles. The Morgan fingerprint density at radius 3 is 2.57 bits per heavy atom. The molecule has 0 saturated heterocycles. The maximum atomic E-state index is 11.9. The first-order valence-electron chi connectivity index (χ1n) is 6.97. The molecule has 0 radical (unpaired) electrons. The summed E-state index contributed by atoms with van der Waals surface area (Å²) in [5.41, 5.74) is 0.584. The lowest BCUT2D eigenvalue weighted by atomic mass is 10.0. The lowest BCUT2D eigenvalue weighted by Gasteiger charge is -2.14. The molecular weight excluding hydrogens is 336 g/mol. The van der Waals surface area contributed by atoms with Crippen LogP contribution in [0.5, 0.6) is 0 Å². The topological polar surface area (TPSA) is 78.4 Å². The molecule has 1 aliphatic carbocycles. The van der Waals surface area contributed by atoms with Gasteiger partial charge in [-0.2, -0.15) is 0 Å². The van der Waals surface area contributed by atoms with Gasteiger partial charge in [-0.3, -0.25) is 9.59 Å². The minimum absolute atomic E-state index is 0.0463. The Hall–Kier alpha value is -1.40. The van der Waals surface area contributed by atoms with Gasteiger partial charge in [0.2, 0.25) is 5.91 Å². The van der Waals surface area contributed by atoms with Gasteiger partial charge in [0.15, 0.2) is 0 Å². The normalized spacial score (nSPS) is 15.3. The van der Waals surface area contributed by atoms with E-state index < -0.39 is 0 Å². The lowest BCUT2D eigenvalue weighted by molar-refractivity contribution is -0.120. The van der Waals surface area contributed by atoms with Crippen molar-refractivity contribution in [1.29, 1.82) is 0 Å². The predicted octanol–water partition coefficient (Wildman–Crippen LogP) is 1.46. The van der Waals surface area contributed by atoms with E-state index in [4.69, 9.17) is 5.11 Å². The number of aliphatic hydroxyl groups excluding tert-OH is 1. The second-order valence-corrected chi connectivity index (χ2v) is 6.27. The van der Waals surface area contributed by atoms with Crippen LogP contribution < -0.4 is 10.6 Å². The number of hydrogen-bond acceptors (Lipinski definition) is 3. The zero-order chi connectivity index (χ0) is 15.3. The summed E-state index contributed by atoms with van der Waals surface area (Å²) < 4.78 is 0.697. The van der Waals surface area contributed by atoms with Gasteiger partial charge in [-0.15, -0.1) is 0 Å². The predicted molar refractivity (Wildman–Crippen MR) is 82.9 cm³/mol. The molecule has 0 unspecified atom stereocenters. The summed E-state index contributed by atoms with van der Waals surface area (Å²) in [6.07, 6.45) is 2.80. The van der Waals surface area contributed by atoms with Crippen molar-refractivity contribution in [2.75, 3.05) is 19.7 Å². The maximum Gasteiger partial charge on any atom is 0.252 e. The van der Waals surface area contributed by atoms with Crippen LogP contribution in [0.2, 0.25) is 0 Å². The SMILES string of the molecule is O=C(CNC(=O)c1ccccc1Br)NCC1(CCO)CC1. The number of halogens is 1. The second kappa shape index (κ2) is 7.04. The van der Waals surface area contributed by atoms with E-state index in [1.54, 1.807) is 18.2 Å². The fraction of sp³-hybridized carbons (Fsp3) is 0.467. The van der Waals surface area contributed by atoms with Gasteiger partial charge in [0, 0.05) is 17.6 Å². The third-order valence-electron chi connectivity index (χ3n) is 3.79. The Kier molecular flexibility index (Phi) is 5.36. The Morgan fingerprint density at radius 1 is 1.24 bits per heavy atom. The van der Waals surface area contributed by atoms with Gasteiger partial charge >= 0.3 is 0 Å². The van der Waals surface area contributed by atoms with Crippen LogP contribution in [-0.2, 0) is 4.79 Å². The fourth-order valence-electron chi connectivity index (χ4n) is 2.18. The quantitative estimate of drug-likeness (QED) is 0.693. The summed E-state index contributed by atoms with van der Waals surface area (Å²) in [5, 5.41) is 14.4. The van der Waals surface area contributed by atoms with E-state index in [1.165, 1.54) is 0 Å². The Labute approximate surface area is 132 Å². The molecule has 5 nitrogen and oxygen atoms in total. The van der Waals surface area contributed by atoms with Gasteiger partial charge in [-0.1, -0.05) is 12.1 Å². The van der Waals surface area contributed by atoms with E-state index in [2.05, 4.69) is 26.6 Å². The number of carbonyl (C=O) groups excluding carboxylic acids is 2. The summed E-state index contributed by atoms with van der Waals surface area (Å²) in [6, 6.07) is 7.06. The molecule has 1 saturated carbocycles. The molecule has 2 amide bonds. The van der Waals surface area contributed by atoms with E-state index >= 15 is 0 Å². The number of rotatable bonds is 7. The lowest BCUT2D eigenvalue weighted by Crippen LogP contribution is -2.39. The first-order valence-corrected chi connectivity index (χ1v) is 7.76. The molecule has 1 aromatic carbocycles. The number of carbonyl (C=O) groups is 2. The summed E-state index contributed by atoms with van der Waals surface area (Å²) in [7, 11) is 0. The van der Waals surface area contributed by atoms with E-state index in [9.17, 15) is 9.59 Å². The molecule has 114 valence electrons. The molecule has 6 heteroatoms. The van der Waals surface area contributed by atoms with E-state index in [-0.39, 0.29) is 30.4 Å². The molecule has 0 spiro atoms. The first kappa shape index (κ1) is 16.0. The van der Waals surface area contributed by atoms with Crippen LogP contribution in [0.3, 0.4) is 0 Å². The van der Waals surface area contributed by atoms with Crippen LogP contribution in [0.4, 0.5) is 0 Å². The minimum atomic E-state index is -0.283. The molecule has 0 heterocycles. The zero-order valence-corrected chi connectivity index (χ0v) is 13.3. The molecule has 1 aliphatic rings. The molecule has 1 aromatic rings. The van der Waals surface area contributed by atoms with E-state index in [0.29, 0.717) is 16.6 Å². The Morgan fingerprint density at radius 2 is 1.95 bits per heavy atom. The number of hydrogen-bond donors (Lipinski definition) is 3. The molecule has 3 N–H and O–H groups in total. The van der Waals surface area contributed by atoms with Crippen LogP contribution in [0.25, 0.3) is 0 Å². The van der Waals surface area contributed by atoms with Crippen molar-refractivity contribution in [2.45, 2.75) is 19.3 Å². The van der Waals surface area contributed by atoms with Crippen molar-refractivity contribution in [3.8, 4) is 0 Å². The third kappa shape index (κ3) is 4.54. The monoisotopic (exact) mass is 354 g/mol. The summed E-state index contributed by atoms with van der Waals surface area (Å²) in [4.78, 5) is 23.7. The average molecular weight is 355 g/mol. The largest absolute Gasteiger partial charge is 0.396 e. The molecule has 1 fully saturated rings. The summed E-state index contributed by atoms with van der Waals surface area (Å²) in [5.74, 6) is -0.492. The smallest absolute Gasteiger partial charge is 0.252 e. The molecule has 0 bridgehead atoms. The van der Waals surface area contributed by atoms with Gasteiger partial charge < -0.3 is 15.7 Å². The highest BCUT2D eigenvalue weighted by molar-refractivity contribution is 9.10. The Balaban J connectivity index is 1.74. The van der Waals surface area contributed by atoms with Crippen molar-refractivity contribution < 1.29 is 14.7 Å². The standard InChI is InChI=1S/C15H19BrN2O3/c16-12-4-2-1-3-11(12)14(21)17-9-13(20)18-10-15(5-6-15)7-8-19/h1-4,19H,5-10H2,(H,17,21)(H,18,20). The molecule has 0 atom stereocenters. The highest BCUT2D eigenvalue weighted by atomic mass is 79.9. The molecule has 0 aliphatic heterocycles. The van der Waals surface area contributed by atoms with Crippen LogP contribution in [0.15, 0.2) is 28.7 Å². The van der Waals surface area contributed by atoms with Crippen molar-refractivity contribution >= 4 is 27.7 Å². The number of amides is 2. The number of aliphatic hydroxyl groups is 1. The first-order chi connectivity index (χ1) is 10.1. The minimum Gasteiger partial charge on any atom is -0.396 e. The zero-order valence-electron chi connectivity index (χ0n) is 11.7. The van der Waals surface area contributed by atoms with Crippen molar-refractivity contribution in [1.82, 2.24) is 10.6 Å². The van der Waals surface area contributed by atoms with E-state index in [1.807, 2.05) is 6.07 Å². The summed E-state index contributed by atoms with van der Waals surface area (Å²) in [6.45, 7) is 0.668. The van der Waals surface area contributed by atoms with Crippen molar-refractivity contribution in [2.24, 2.45) is 5.41 Å². The van der Waals surface area contributed by atoms with E-state index in [0.717, 1.165) is 19.3 Å². The Bertz CT molecular complexity index is 529. The third-order valence-corrected chi connectivity index (χ3v) is 4.48. The highest BCUT2D eigenvalue weighted by Gasteiger charge is 2.41. The molecule has 2 rings (SSSR count). The van der Waals surface area contributed by atoms with Crippen molar-refractivity contribution in [3.05, 3.63) is 34.3 Å². The van der Waals surface area contributed by atoms with Crippen LogP contribution in [0.1, 0.15) is 29.6 Å². The van der Waals surface area contributed by atoms with Gasteiger partial charge in [-0.05, 0) is 52.7 Å². The van der Waals surface area contributed by atoms with Gasteiger partial charge in [0.25, 0.3) is 5.91 Å². The number of benzene rings is 1. The molecule has 21 heavy (non-hydrogen) atoms. The van der Waals surface area contributed by atoms with Crippen molar-refractivity contribution in [3.63, 3.8) is 0 Å². The maximum absolute atomic E-state index is 11.9. The molecular formula is C15H19BrN2O3. The van der Waals surface area contributed by atoms with Crippen LogP contribution in [0, 0.1) is 5.41 Å². The number of nitrogens with one attached hydrogen (secondary N) is 2. The van der Waals surface area contributed by atoms with Crippen LogP contribution >= 0.6 is 15.9 Å². The van der Waals surface area contributed by atoms with Gasteiger partial charge in [-0.25, -0.2) is 0 Å². The fourth-order valence-corrected chi connectivity index (χ4v) is 2.64. The second-order valence-electron chi connectivity index (χ2n) is 5.41.